The van der Waals surface area contributed by atoms with Crippen molar-refractivity contribution in [2.24, 2.45) is 0 Å². The van der Waals surface area contributed by atoms with E-state index in [1.165, 1.54) is 18.4 Å². The standard InChI is InChI=1S/C31H33Cl2N3O7S/c1-18(42-25-14-26(44-28(25)29(37)39-5)36-17-34-22-13-19(32)9-10-23(22)36)21-7-6-8-24(27(21)33)41-16-20-15-35(11-12-40-20)30(38)43-31(2,3)4/h6-10,13-14,17-18,20H,11-12,15-16H2,1-5H3/t18-,20?/m1/s1. The molecule has 2 aromatic carbocycles. The molecular formula is C31H33Cl2N3O7S. The van der Waals surface area contributed by atoms with Gasteiger partial charge in [-0.05, 0) is 52.0 Å². The number of imidazole rings is 1. The summed E-state index contributed by atoms with van der Waals surface area (Å²) in [6.45, 7) is 8.66. The van der Waals surface area contributed by atoms with Crippen molar-refractivity contribution in [1.29, 1.82) is 0 Å². The summed E-state index contributed by atoms with van der Waals surface area (Å²) in [5, 5.41) is 1.67. The normalized spacial score (nSPS) is 16.1. The largest absolute Gasteiger partial charge is 0.489 e. The first-order valence-corrected chi connectivity index (χ1v) is 15.5. The van der Waals surface area contributed by atoms with Crippen LogP contribution in [-0.2, 0) is 14.2 Å². The number of ether oxygens (including phenoxy) is 5. The third-order valence-corrected chi connectivity index (χ3v) is 8.49. The lowest BCUT2D eigenvalue weighted by Gasteiger charge is -2.34. The van der Waals surface area contributed by atoms with E-state index in [0.29, 0.717) is 56.7 Å². The lowest BCUT2D eigenvalue weighted by atomic mass is 10.1. The van der Waals surface area contributed by atoms with E-state index in [9.17, 15) is 9.59 Å². The van der Waals surface area contributed by atoms with Gasteiger partial charge in [0.2, 0.25) is 0 Å². The van der Waals surface area contributed by atoms with Crippen LogP contribution in [0, 0.1) is 0 Å². The fourth-order valence-electron chi connectivity index (χ4n) is 4.67. The molecule has 0 aliphatic carbocycles. The molecule has 0 spiro atoms. The van der Waals surface area contributed by atoms with Gasteiger partial charge in [-0.3, -0.25) is 4.57 Å². The Labute approximate surface area is 269 Å². The number of morpholine rings is 1. The number of fused-ring (bicyclic) bond motifs is 1. The molecule has 1 saturated heterocycles. The van der Waals surface area contributed by atoms with Gasteiger partial charge in [0.15, 0.2) is 4.88 Å². The highest BCUT2D eigenvalue weighted by Crippen LogP contribution is 2.39. The van der Waals surface area contributed by atoms with Gasteiger partial charge in [0.1, 0.15) is 47.2 Å². The van der Waals surface area contributed by atoms with Crippen molar-refractivity contribution < 1.29 is 33.3 Å². The molecule has 10 nitrogen and oxygen atoms in total. The Morgan fingerprint density at radius 1 is 1.16 bits per heavy atom. The first-order chi connectivity index (χ1) is 20.9. The molecule has 0 N–H and O–H groups in total. The number of esters is 1. The van der Waals surface area contributed by atoms with E-state index in [-0.39, 0.29) is 18.8 Å². The van der Waals surface area contributed by atoms with Crippen LogP contribution in [-0.4, -0.2) is 71.6 Å². The Bertz CT molecular complexity index is 1670. The fraction of sp³-hybridized carbons (Fsp3) is 0.387. The zero-order valence-electron chi connectivity index (χ0n) is 25.0. The predicted octanol–water partition coefficient (Wildman–Crippen LogP) is 7.34. The zero-order valence-corrected chi connectivity index (χ0v) is 27.3. The topological polar surface area (TPSA) is 101 Å². The molecule has 44 heavy (non-hydrogen) atoms. The van der Waals surface area contributed by atoms with Crippen molar-refractivity contribution in [3.8, 4) is 16.5 Å². The number of carbonyl (C=O) groups is 2. The van der Waals surface area contributed by atoms with Gasteiger partial charge < -0.3 is 28.6 Å². The molecule has 2 aromatic heterocycles. The van der Waals surface area contributed by atoms with Crippen molar-refractivity contribution in [3.63, 3.8) is 0 Å². The molecule has 5 rings (SSSR count). The quantitative estimate of drug-likeness (QED) is 0.181. The number of aromatic nitrogens is 2. The van der Waals surface area contributed by atoms with E-state index in [2.05, 4.69) is 4.98 Å². The Kier molecular flexibility index (Phi) is 9.59. The molecule has 2 atom stereocenters. The Hall–Kier alpha value is -3.51. The van der Waals surface area contributed by atoms with Crippen LogP contribution in [0.2, 0.25) is 10.0 Å². The molecular weight excluding hydrogens is 629 g/mol. The third-order valence-electron chi connectivity index (χ3n) is 6.75. The lowest BCUT2D eigenvalue weighted by molar-refractivity contribution is -0.0557. The van der Waals surface area contributed by atoms with E-state index in [1.54, 1.807) is 35.5 Å². The molecule has 1 unspecified atom stereocenters. The molecule has 1 aliphatic heterocycles. The van der Waals surface area contributed by atoms with E-state index in [1.807, 2.05) is 50.5 Å². The van der Waals surface area contributed by atoms with Crippen LogP contribution in [0.1, 0.15) is 49.0 Å². The number of thiophene rings is 1. The number of nitrogens with zero attached hydrogens (tertiary/aromatic N) is 3. The molecule has 3 heterocycles. The van der Waals surface area contributed by atoms with Gasteiger partial charge in [-0.2, -0.15) is 0 Å². The number of halogens is 2. The van der Waals surface area contributed by atoms with E-state index in [0.717, 1.165) is 11.0 Å². The highest BCUT2D eigenvalue weighted by atomic mass is 35.5. The molecule has 234 valence electrons. The number of hydrogen-bond donors (Lipinski definition) is 0. The number of amides is 1. The molecule has 1 amide bonds. The lowest BCUT2D eigenvalue weighted by Crippen LogP contribution is -2.49. The minimum Gasteiger partial charge on any atom is -0.489 e. The molecule has 4 aromatic rings. The second-order valence-corrected chi connectivity index (χ2v) is 13.0. The highest BCUT2D eigenvalue weighted by Gasteiger charge is 2.29. The van der Waals surface area contributed by atoms with Gasteiger partial charge >= 0.3 is 12.1 Å². The van der Waals surface area contributed by atoms with Crippen molar-refractivity contribution in [1.82, 2.24) is 14.5 Å². The summed E-state index contributed by atoms with van der Waals surface area (Å²) in [4.78, 5) is 31.6. The molecule has 13 heteroatoms. The Morgan fingerprint density at radius 2 is 1.95 bits per heavy atom. The van der Waals surface area contributed by atoms with Crippen molar-refractivity contribution in [2.75, 3.05) is 33.4 Å². The van der Waals surface area contributed by atoms with Crippen LogP contribution in [0.25, 0.3) is 16.0 Å². The minimum atomic E-state index is -0.584. The monoisotopic (exact) mass is 661 g/mol. The van der Waals surface area contributed by atoms with Crippen LogP contribution in [0.15, 0.2) is 48.8 Å². The van der Waals surface area contributed by atoms with Gasteiger partial charge in [0.05, 0.1) is 36.3 Å². The van der Waals surface area contributed by atoms with E-state index in [4.69, 9.17) is 46.9 Å². The second kappa shape index (κ2) is 13.2. The third kappa shape index (κ3) is 7.23. The summed E-state index contributed by atoms with van der Waals surface area (Å²) in [7, 11) is 1.32. The van der Waals surface area contributed by atoms with Crippen molar-refractivity contribution in [2.45, 2.75) is 45.5 Å². The zero-order chi connectivity index (χ0) is 31.6. The van der Waals surface area contributed by atoms with Gasteiger partial charge in [-0.25, -0.2) is 14.6 Å². The number of carbonyl (C=O) groups excluding carboxylic acids is 2. The van der Waals surface area contributed by atoms with Crippen LogP contribution in [0.4, 0.5) is 4.79 Å². The minimum absolute atomic E-state index is 0.183. The van der Waals surface area contributed by atoms with Crippen molar-refractivity contribution >= 4 is 57.6 Å². The number of benzene rings is 2. The fourth-order valence-corrected chi connectivity index (χ4v) is 6.16. The maximum Gasteiger partial charge on any atom is 0.410 e. The second-order valence-electron chi connectivity index (χ2n) is 11.2. The van der Waals surface area contributed by atoms with Gasteiger partial charge in [0, 0.05) is 23.2 Å². The maximum atomic E-state index is 12.7. The number of hydrogen-bond acceptors (Lipinski definition) is 9. The summed E-state index contributed by atoms with van der Waals surface area (Å²) in [5.74, 6) is 0.271. The summed E-state index contributed by atoms with van der Waals surface area (Å²) < 4.78 is 30.6. The summed E-state index contributed by atoms with van der Waals surface area (Å²) in [6.07, 6.45) is 0.377. The van der Waals surface area contributed by atoms with Crippen LogP contribution >= 0.6 is 34.5 Å². The van der Waals surface area contributed by atoms with E-state index >= 15 is 0 Å². The van der Waals surface area contributed by atoms with Crippen LogP contribution in [0.5, 0.6) is 11.5 Å². The molecule has 1 aliphatic rings. The average Bonchev–Trinajstić information content (AvgIpc) is 3.59. The number of rotatable bonds is 8. The predicted molar refractivity (Wildman–Crippen MR) is 169 cm³/mol. The molecule has 0 radical (unpaired) electrons. The smallest absolute Gasteiger partial charge is 0.410 e. The Morgan fingerprint density at radius 3 is 2.70 bits per heavy atom. The van der Waals surface area contributed by atoms with Gasteiger partial charge in [0.25, 0.3) is 0 Å². The Balaban J connectivity index is 1.30. The van der Waals surface area contributed by atoms with E-state index < -0.39 is 17.7 Å². The van der Waals surface area contributed by atoms with Crippen molar-refractivity contribution in [3.05, 3.63) is 69.3 Å². The summed E-state index contributed by atoms with van der Waals surface area (Å²) >= 11 is 14.1. The molecule has 0 saturated carbocycles. The first-order valence-electron chi connectivity index (χ1n) is 14.0. The summed E-state index contributed by atoms with van der Waals surface area (Å²) in [6, 6.07) is 12.6. The van der Waals surface area contributed by atoms with Crippen LogP contribution in [0.3, 0.4) is 0 Å². The summed E-state index contributed by atoms with van der Waals surface area (Å²) in [5.41, 5.74) is 1.63. The molecule has 1 fully saturated rings. The van der Waals surface area contributed by atoms with Gasteiger partial charge in [-0.1, -0.05) is 35.3 Å². The highest BCUT2D eigenvalue weighted by molar-refractivity contribution is 7.16. The first kappa shape index (κ1) is 31.9. The SMILES string of the molecule is COC(=O)c1sc(-n2cnc3cc(Cl)ccc32)cc1O[C@H](C)c1cccc(OCC2CN(C(=O)OC(C)(C)C)CCO2)c1Cl. The average molecular weight is 663 g/mol. The number of methoxy groups -OCH3 is 1. The molecule has 0 bridgehead atoms. The maximum absolute atomic E-state index is 12.7. The van der Waals surface area contributed by atoms with Crippen LogP contribution < -0.4 is 9.47 Å². The van der Waals surface area contributed by atoms with Gasteiger partial charge in [-0.15, -0.1) is 11.3 Å².